The van der Waals surface area contributed by atoms with Crippen molar-refractivity contribution in [3.63, 3.8) is 0 Å². The Hall–Kier alpha value is -1.43. The molecule has 1 aromatic rings. The molecule has 1 aromatic carbocycles. The van der Waals surface area contributed by atoms with Crippen LogP contribution in [0.5, 0.6) is 0 Å². The number of likely N-dealkylation sites (N-methyl/N-ethyl adjacent to an activating group) is 1. The van der Waals surface area contributed by atoms with Gasteiger partial charge in [-0.15, -0.1) is 0 Å². The lowest BCUT2D eigenvalue weighted by atomic mass is 10.2. The molecule has 0 aliphatic heterocycles. The van der Waals surface area contributed by atoms with Gasteiger partial charge in [0.15, 0.2) is 0 Å². The monoisotopic (exact) mass is 293 g/mol. The van der Waals surface area contributed by atoms with Gasteiger partial charge in [0.05, 0.1) is 6.61 Å². The lowest BCUT2D eigenvalue weighted by Crippen LogP contribution is -2.31. The first-order valence-corrected chi connectivity index (χ1v) is 7.58. The summed E-state index contributed by atoms with van der Waals surface area (Å²) in [6, 6.07) is 7.63. The smallest absolute Gasteiger partial charge is 0.225 e. The highest BCUT2D eigenvalue weighted by Gasteiger charge is 2.07. The highest BCUT2D eigenvalue weighted by Crippen LogP contribution is 2.10. The predicted molar refractivity (Wildman–Crippen MR) is 86.2 cm³/mol. The van der Waals surface area contributed by atoms with E-state index < -0.39 is 0 Å². The molecular weight excluding hydrogens is 266 g/mol. The second-order valence-electron chi connectivity index (χ2n) is 4.83. The van der Waals surface area contributed by atoms with Gasteiger partial charge in [-0.2, -0.15) is 0 Å². The zero-order valence-electron chi connectivity index (χ0n) is 13.1. The number of carbonyl (C=O) groups excluding carboxylic acids is 1. The van der Waals surface area contributed by atoms with Crippen LogP contribution >= 0.6 is 0 Å². The van der Waals surface area contributed by atoms with Crippen molar-refractivity contribution in [2.24, 2.45) is 5.73 Å². The Morgan fingerprint density at radius 2 is 2.14 bits per heavy atom. The van der Waals surface area contributed by atoms with Gasteiger partial charge in [-0.3, -0.25) is 4.79 Å². The Morgan fingerprint density at radius 1 is 1.33 bits per heavy atom. The summed E-state index contributed by atoms with van der Waals surface area (Å²) in [6.07, 6.45) is 0.479. The number of ether oxygens (including phenoxy) is 1. The van der Waals surface area contributed by atoms with Gasteiger partial charge >= 0.3 is 0 Å². The van der Waals surface area contributed by atoms with Gasteiger partial charge in [-0.25, -0.2) is 0 Å². The van der Waals surface area contributed by atoms with Crippen LogP contribution in [0.25, 0.3) is 0 Å². The maximum absolute atomic E-state index is 12.0. The van der Waals surface area contributed by atoms with E-state index in [0.717, 1.165) is 37.5 Å². The number of nitrogens with two attached hydrogens (primary N) is 1. The van der Waals surface area contributed by atoms with Crippen molar-refractivity contribution in [3.05, 3.63) is 29.8 Å². The first kappa shape index (κ1) is 17.6. The van der Waals surface area contributed by atoms with Crippen molar-refractivity contribution < 1.29 is 9.53 Å². The molecule has 0 saturated heterocycles. The van der Waals surface area contributed by atoms with E-state index in [0.29, 0.717) is 19.6 Å². The fourth-order valence-corrected chi connectivity index (χ4v) is 2.03. The summed E-state index contributed by atoms with van der Waals surface area (Å²) >= 11 is 0. The summed E-state index contributed by atoms with van der Waals surface area (Å²) in [7, 11) is 0. The van der Waals surface area contributed by atoms with Gasteiger partial charge in [-0.1, -0.05) is 19.1 Å². The summed E-state index contributed by atoms with van der Waals surface area (Å²) < 4.78 is 5.34. The molecule has 5 nitrogen and oxygen atoms in total. The number of anilines is 1. The third-order valence-corrected chi connectivity index (χ3v) is 3.30. The molecular formula is C16H27N3O2. The van der Waals surface area contributed by atoms with Crippen molar-refractivity contribution in [1.29, 1.82) is 0 Å². The van der Waals surface area contributed by atoms with Crippen molar-refractivity contribution in [3.8, 4) is 0 Å². The molecule has 0 aliphatic rings. The van der Waals surface area contributed by atoms with Crippen LogP contribution < -0.4 is 11.1 Å². The van der Waals surface area contributed by atoms with Crippen LogP contribution in [0, 0.1) is 0 Å². The Balaban J connectivity index is 2.35. The van der Waals surface area contributed by atoms with E-state index in [1.165, 1.54) is 0 Å². The van der Waals surface area contributed by atoms with Crippen LogP contribution in [0.4, 0.5) is 5.69 Å². The molecule has 0 fully saturated rings. The second-order valence-corrected chi connectivity index (χ2v) is 4.83. The van der Waals surface area contributed by atoms with E-state index in [4.69, 9.17) is 10.5 Å². The Morgan fingerprint density at radius 3 is 2.81 bits per heavy atom. The fraction of sp³-hybridized carbons (Fsp3) is 0.562. The molecule has 0 spiro atoms. The van der Waals surface area contributed by atoms with Crippen molar-refractivity contribution in [1.82, 2.24) is 4.90 Å². The van der Waals surface area contributed by atoms with E-state index in [1.54, 1.807) is 0 Å². The molecule has 0 saturated carbocycles. The van der Waals surface area contributed by atoms with Crippen LogP contribution in [-0.4, -0.2) is 43.7 Å². The van der Waals surface area contributed by atoms with Gasteiger partial charge in [-0.05, 0) is 31.2 Å². The number of nitrogens with one attached hydrogen (secondary N) is 1. The number of carbonyl (C=O) groups is 1. The molecule has 118 valence electrons. The number of hydrogen-bond acceptors (Lipinski definition) is 4. The van der Waals surface area contributed by atoms with E-state index in [-0.39, 0.29) is 5.91 Å². The first-order valence-electron chi connectivity index (χ1n) is 7.58. The Labute approximate surface area is 127 Å². The third-order valence-electron chi connectivity index (χ3n) is 3.30. The molecule has 0 aromatic heterocycles. The summed E-state index contributed by atoms with van der Waals surface area (Å²) in [5.41, 5.74) is 7.41. The molecule has 0 radical (unpaired) electrons. The first-order chi connectivity index (χ1) is 10.2. The summed E-state index contributed by atoms with van der Waals surface area (Å²) in [6.45, 7) is 8.52. The van der Waals surface area contributed by atoms with E-state index >= 15 is 0 Å². The minimum atomic E-state index is 0.0269. The maximum Gasteiger partial charge on any atom is 0.225 e. The predicted octanol–water partition coefficient (Wildman–Crippen LogP) is 1.83. The molecule has 1 amide bonds. The lowest BCUT2D eigenvalue weighted by molar-refractivity contribution is -0.116. The van der Waals surface area contributed by atoms with Gasteiger partial charge < -0.3 is 20.7 Å². The number of amides is 1. The van der Waals surface area contributed by atoms with Gasteiger partial charge in [0.25, 0.3) is 0 Å². The van der Waals surface area contributed by atoms with Crippen LogP contribution in [0.15, 0.2) is 24.3 Å². The fourth-order valence-electron chi connectivity index (χ4n) is 2.03. The number of hydrogen-bond donors (Lipinski definition) is 2. The van der Waals surface area contributed by atoms with E-state index in [2.05, 4.69) is 17.1 Å². The molecule has 21 heavy (non-hydrogen) atoms. The summed E-state index contributed by atoms with van der Waals surface area (Å²) in [5, 5.41) is 2.91. The van der Waals surface area contributed by atoms with Crippen LogP contribution in [0.3, 0.4) is 0 Å². The normalized spacial score (nSPS) is 10.9. The number of nitrogens with zero attached hydrogens (tertiary/aromatic N) is 1. The lowest BCUT2D eigenvalue weighted by Gasteiger charge is -2.19. The van der Waals surface area contributed by atoms with Gasteiger partial charge in [0.2, 0.25) is 5.91 Å². The van der Waals surface area contributed by atoms with Crippen molar-refractivity contribution >= 4 is 11.6 Å². The topological polar surface area (TPSA) is 67.6 Å². The second kappa shape index (κ2) is 10.3. The van der Waals surface area contributed by atoms with Gasteiger partial charge in [0, 0.05) is 38.3 Å². The molecule has 0 aliphatic carbocycles. The standard InChI is InChI=1S/C16H27N3O2/c1-3-19(10-11-21-4-2)9-8-16(20)18-15-7-5-6-14(12-15)13-17/h5-7,12H,3-4,8-11,13,17H2,1-2H3,(H,18,20). The van der Waals surface area contributed by atoms with E-state index in [1.807, 2.05) is 31.2 Å². The molecule has 0 bridgehead atoms. The maximum atomic E-state index is 12.0. The molecule has 0 unspecified atom stereocenters. The highest BCUT2D eigenvalue weighted by molar-refractivity contribution is 5.90. The number of benzene rings is 1. The quantitative estimate of drug-likeness (QED) is 0.646. The third kappa shape index (κ3) is 7.22. The summed E-state index contributed by atoms with van der Waals surface area (Å²) in [4.78, 5) is 14.2. The molecule has 5 heteroatoms. The van der Waals surface area contributed by atoms with E-state index in [9.17, 15) is 4.79 Å². The van der Waals surface area contributed by atoms with Crippen molar-refractivity contribution in [2.75, 3.05) is 38.2 Å². The highest BCUT2D eigenvalue weighted by atomic mass is 16.5. The molecule has 0 heterocycles. The average molecular weight is 293 g/mol. The number of rotatable bonds is 10. The van der Waals surface area contributed by atoms with Crippen LogP contribution in [0.1, 0.15) is 25.8 Å². The zero-order valence-corrected chi connectivity index (χ0v) is 13.1. The van der Waals surface area contributed by atoms with Crippen LogP contribution in [0.2, 0.25) is 0 Å². The largest absolute Gasteiger partial charge is 0.380 e. The Bertz CT molecular complexity index is 424. The molecule has 3 N–H and O–H groups in total. The minimum absolute atomic E-state index is 0.0269. The van der Waals surface area contributed by atoms with Gasteiger partial charge in [0.1, 0.15) is 0 Å². The minimum Gasteiger partial charge on any atom is -0.380 e. The SMILES string of the molecule is CCOCCN(CC)CCC(=O)Nc1cccc(CN)c1. The molecule has 0 atom stereocenters. The zero-order chi connectivity index (χ0) is 15.5. The van der Waals surface area contributed by atoms with Crippen molar-refractivity contribution in [2.45, 2.75) is 26.8 Å². The average Bonchev–Trinajstić information content (AvgIpc) is 2.51. The molecule has 1 rings (SSSR count). The summed E-state index contributed by atoms with van der Waals surface area (Å²) in [5.74, 6) is 0.0269. The van der Waals surface area contributed by atoms with Crippen LogP contribution in [-0.2, 0) is 16.1 Å². The Kier molecular flexibility index (Phi) is 8.66.